The second-order valence-electron chi connectivity index (χ2n) is 6.80. The molecule has 0 spiro atoms. The van der Waals surface area contributed by atoms with Crippen molar-refractivity contribution >= 4 is 0 Å². The lowest BCUT2D eigenvalue weighted by Crippen LogP contribution is -2.49. The van der Waals surface area contributed by atoms with Gasteiger partial charge >= 0.3 is 0 Å². The Balaban J connectivity index is 2.49. The molecule has 0 amide bonds. The SMILES string of the molecule is CCCC(CNC(C)(C)C)N(CC)CC1CCCO1. The van der Waals surface area contributed by atoms with Gasteiger partial charge in [-0.25, -0.2) is 0 Å². The first kappa shape index (κ1) is 16.9. The van der Waals surface area contributed by atoms with E-state index in [9.17, 15) is 0 Å². The van der Waals surface area contributed by atoms with E-state index >= 15 is 0 Å². The fourth-order valence-electron chi connectivity index (χ4n) is 2.76. The zero-order valence-electron chi connectivity index (χ0n) is 13.7. The van der Waals surface area contributed by atoms with Crippen molar-refractivity contribution in [3.05, 3.63) is 0 Å². The van der Waals surface area contributed by atoms with Crippen LogP contribution < -0.4 is 5.32 Å². The Bertz CT molecular complexity index is 231. The largest absolute Gasteiger partial charge is 0.377 e. The first-order chi connectivity index (χ1) is 8.96. The van der Waals surface area contributed by atoms with Gasteiger partial charge in [-0.05, 0) is 46.6 Å². The molecule has 0 saturated carbocycles. The molecule has 1 aliphatic rings. The maximum atomic E-state index is 5.80. The number of likely N-dealkylation sites (N-methyl/N-ethyl adjacent to an activating group) is 1. The van der Waals surface area contributed by atoms with Crippen LogP contribution in [0.25, 0.3) is 0 Å². The molecule has 114 valence electrons. The van der Waals surface area contributed by atoms with Gasteiger partial charge in [-0.15, -0.1) is 0 Å². The van der Waals surface area contributed by atoms with E-state index in [1.54, 1.807) is 0 Å². The monoisotopic (exact) mass is 270 g/mol. The molecular weight excluding hydrogens is 236 g/mol. The second kappa shape index (κ2) is 8.23. The number of nitrogens with zero attached hydrogens (tertiary/aromatic N) is 1. The van der Waals surface area contributed by atoms with Crippen molar-refractivity contribution in [2.75, 3.05) is 26.2 Å². The van der Waals surface area contributed by atoms with Crippen molar-refractivity contribution in [3.63, 3.8) is 0 Å². The Morgan fingerprint density at radius 2 is 2.05 bits per heavy atom. The van der Waals surface area contributed by atoms with E-state index in [0.29, 0.717) is 12.1 Å². The quantitative estimate of drug-likeness (QED) is 0.733. The van der Waals surface area contributed by atoms with Crippen molar-refractivity contribution in [1.29, 1.82) is 0 Å². The van der Waals surface area contributed by atoms with Crippen molar-refractivity contribution in [2.24, 2.45) is 0 Å². The van der Waals surface area contributed by atoms with Crippen LogP contribution in [0.2, 0.25) is 0 Å². The third-order valence-corrected chi connectivity index (χ3v) is 3.87. The zero-order chi connectivity index (χ0) is 14.3. The molecule has 3 heteroatoms. The lowest BCUT2D eigenvalue weighted by Gasteiger charge is -2.34. The Kier molecular flexibility index (Phi) is 7.33. The lowest BCUT2D eigenvalue weighted by molar-refractivity contribution is 0.0558. The second-order valence-corrected chi connectivity index (χ2v) is 6.80. The summed E-state index contributed by atoms with van der Waals surface area (Å²) in [5, 5.41) is 3.66. The summed E-state index contributed by atoms with van der Waals surface area (Å²) in [6.45, 7) is 15.5. The average molecular weight is 270 g/mol. The molecule has 0 aliphatic carbocycles. The summed E-state index contributed by atoms with van der Waals surface area (Å²) in [7, 11) is 0. The van der Waals surface area contributed by atoms with Crippen LogP contribution in [0, 0.1) is 0 Å². The van der Waals surface area contributed by atoms with Crippen molar-refractivity contribution < 1.29 is 4.74 Å². The maximum Gasteiger partial charge on any atom is 0.0702 e. The molecule has 1 aliphatic heterocycles. The summed E-state index contributed by atoms with van der Waals surface area (Å²) in [5.41, 5.74) is 0.204. The molecule has 2 atom stereocenters. The predicted octanol–water partition coefficient (Wildman–Crippen LogP) is 3.04. The van der Waals surface area contributed by atoms with E-state index in [4.69, 9.17) is 4.74 Å². The minimum absolute atomic E-state index is 0.204. The minimum Gasteiger partial charge on any atom is -0.377 e. The smallest absolute Gasteiger partial charge is 0.0702 e. The molecule has 0 bridgehead atoms. The van der Waals surface area contributed by atoms with Crippen LogP contribution in [0.3, 0.4) is 0 Å². The van der Waals surface area contributed by atoms with Crippen LogP contribution in [0.4, 0.5) is 0 Å². The number of hydrogen-bond acceptors (Lipinski definition) is 3. The van der Waals surface area contributed by atoms with E-state index in [2.05, 4.69) is 44.8 Å². The molecule has 1 heterocycles. The standard InChI is InChI=1S/C16H34N2O/c1-6-9-14(12-17-16(3,4)5)18(7-2)13-15-10-8-11-19-15/h14-15,17H,6-13H2,1-5H3. The number of nitrogens with one attached hydrogen (secondary N) is 1. The van der Waals surface area contributed by atoms with Crippen LogP contribution in [-0.2, 0) is 4.74 Å². The van der Waals surface area contributed by atoms with E-state index in [1.165, 1.54) is 25.7 Å². The zero-order valence-corrected chi connectivity index (χ0v) is 13.7. The Morgan fingerprint density at radius 1 is 1.32 bits per heavy atom. The molecule has 0 aromatic rings. The van der Waals surface area contributed by atoms with E-state index in [0.717, 1.165) is 26.2 Å². The van der Waals surface area contributed by atoms with Crippen LogP contribution in [0.15, 0.2) is 0 Å². The average Bonchev–Trinajstić information content (AvgIpc) is 2.83. The highest BCUT2D eigenvalue weighted by molar-refractivity contribution is 4.81. The van der Waals surface area contributed by atoms with Gasteiger partial charge < -0.3 is 10.1 Å². The molecule has 0 aromatic heterocycles. The molecule has 19 heavy (non-hydrogen) atoms. The highest BCUT2D eigenvalue weighted by atomic mass is 16.5. The van der Waals surface area contributed by atoms with Crippen LogP contribution in [0.1, 0.15) is 60.3 Å². The van der Waals surface area contributed by atoms with Gasteiger partial charge in [-0.2, -0.15) is 0 Å². The molecule has 0 radical (unpaired) electrons. The first-order valence-electron chi connectivity index (χ1n) is 8.07. The van der Waals surface area contributed by atoms with Crippen LogP contribution >= 0.6 is 0 Å². The third-order valence-electron chi connectivity index (χ3n) is 3.87. The Hall–Kier alpha value is -0.120. The predicted molar refractivity (Wildman–Crippen MR) is 82.7 cm³/mol. The highest BCUT2D eigenvalue weighted by Gasteiger charge is 2.24. The molecule has 0 aromatic carbocycles. The highest BCUT2D eigenvalue weighted by Crippen LogP contribution is 2.16. The first-order valence-corrected chi connectivity index (χ1v) is 8.07. The summed E-state index contributed by atoms with van der Waals surface area (Å²) in [4.78, 5) is 2.61. The molecule has 1 fully saturated rings. The third kappa shape index (κ3) is 6.73. The van der Waals surface area contributed by atoms with Crippen LogP contribution in [0.5, 0.6) is 0 Å². The van der Waals surface area contributed by atoms with Crippen molar-refractivity contribution in [2.45, 2.75) is 78.0 Å². The summed E-state index contributed by atoms with van der Waals surface area (Å²) < 4.78 is 5.80. The molecular formula is C16H34N2O. The molecule has 1 saturated heterocycles. The fraction of sp³-hybridized carbons (Fsp3) is 1.00. The van der Waals surface area contributed by atoms with Gasteiger partial charge in [-0.1, -0.05) is 20.3 Å². The minimum atomic E-state index is 0.204. The molecule has 3 nitrogen and oxygen atoms in total. The van der Waals surface area contributed by atoms with Crippen molar-refractivity contribution in [1.82, 2.24) is 10.2 Å². The molecule has 1 rings (SSSR count). The number of ether oxygens (including phenoxy) is 1. The summed E-state index contributed by atoms with van der Waals surface area (Å²) in [6.07, 6.45) is 5.46. The van der Waals surface area contributed by atoms with E-state index < -0.39 is 0 Å². The van der Waals surface area contributed by atoms with E-state index in [-0.39, 0.29) is 5.54 Å². The van der Waals surface area contributed by atoms with Gasteiger partial charge in [-0.3, -0.25) is 4.90 Å². The fourth-order valence-corrected chi connectivity index (χ4v) is 2.76. The summed E-state index contributed by atoms with van der Waals surface area (Å²) in [6, 6.07) is 0.637. The number of hydrogen-bond donors (Lipinski definition) is 1. The van der Waals surface area contributed by atoms with E-state index in [1.807, 2.05) is 0 Å². The van der Waals surface area contributed by atoms with Gasteiger partial charge in [0.05, 0.1) is 6.10 Å². The normalized spacial score (nSPS) is 22.1. The van der Waals surface area contributed by atoms with Gasteiger partial charge in [0.15, 0.2) is 0 Å². The topological polar surface area (TPSA) is 24.5 Å². The Labute approximate surface area is 120 Å². The molecule has 1 N–H and O–H groups in total. The van der Waals surface area contributed by atoms with Gasteiger partial charge in [0, 0.05) is 31.3 Å². The van der Waals surface area contributed by atoms with Gasteiger partial charge in [0.2, 0.25) is 0 Å². The Morgan fingerprint density at radius 3 is 2.53 bits per heavy atom. The summed E-state index contributed by atoms with van der Waals surface area (Å²) in [5.74, 6) is 0. The van der Waals surface area contributed by atoms with Gasteiger partial charge in [0.1, 0.15) is 0 Å². The van der Waals surface area contributed by atoms with Crippen LogP contribution in [-0.4, -0.2) is 48.8 Å². The van der Waals surface area contributed by atoms with Gasteiger partial charge in [0.25, 0.3) is 0 Å². The summed E-state index contributed by atoms with van der Waals surface area (Å²) >= 11 is 0. The van der Waals surface area contributed by atoms with Crippen molar-refractivity contribution in [3.8, 4) is 0 Å². The molecule has 2 unspecified atom stereocenters. The lowest BCUT2D eigenvalue weighted by atomic mass is 10.1. The number of rotatable bonds is 8. The maximum absolute atomic E-state index is 5.80.